The Morgan fingerprint density at radius 2 is 1.38 bits per heavy atom. The smallest absolute Gasteiger partial charge is 0.253 e. The molecule has 0 radical (unpaired) electrons. The van der Waals surface area contributed by atoms with Crippen molar-refractivity contribution in [3.05, 3.63) is 12.2 Å². The lowest BCUT2D eigenvalue weighted by atomic mass is 10.2. The van der Waals surface area contributed by atoms with Crippen LogP contribution in [-0.4, -0.2) is 88.6 Å². The summed E-state index contributed by atoms with van der Waals surface area (Å²) < 4.78 is 21.2. The lowest BCUT2D eigenvalue weighted by Crippen LogP contribution is -2.31. The number of imide groups is 1. The van der Waals surface area contributed by atoms with Gasteiger partial charge in [0.2, 0.25) is 5.91 Å². The molecule has 0 aliphatic carbocycles. The fourth-order valence-electron chi connectivity index (χ4n) is 2.54. The van der Waals surface area contributed by atoms with Crippen molar-refractivity contribution in [2.75, 3.05) is 65.9 Å². The van der Waals surface area contributed by atoms with Gasteiger partial charge in [-0.25, -0.2) is 0 Å². The molecule has 9 nitrogen and oxygen atoms in total. The summed E-state index contributed by atoms with van der Waals surface area (Å²) in [7, 11) is 0. The van der Waals surface area contributed by atoms with Gasteiger partial charge in [-0.15, -0.1) is 0 Å². The van der Waals surface area contributed by atoms with Crippen molar-refractivity contribution in [1.82, 2.24) is 10.2 Å². The molecule has 0 atom stereocenters. The first-order valence-electron chi connectivity index (χ1n) is 10.3. The second-order valence-corrected chi connectivity index (χ2v) is 6.36. The Bertz CT molecular complexity index is 493. The van der Waals surface area contributed by atoms with Crippen LogP contribution in [0.25, 0.3) is 0 Å². The van der Waals surface area contributed by atoms with Crippen molar-refractivity contribution >= 4 is 17.7 Å². The van der Waals surface area contributed by atoms with Crippen LogP contribution in [0.2, 0.25) is 0 Å². The first-order valence-corrected chi connectivity index (χ1v) is 10.3. The lowest BCUT2D eigenvalue weighted by molar-refractivity contribution is -0.137. The standard InChI is InChI=1S/C20H34N2O7/c1-2-26-12-13-28-16-17-29-15-14-27-11-9-21-18(23)6-4-3-5-10-22-19(24)7-8-20(22)25/h7-8H,2-6,9-17H2,1H3,(H,21,23). The van der Waals surface area contributed by atoms with Crippen molar-refractivity contribution in [3.63, 3.8) is 0 Å². The number of ether oxygens (including phenoxy) is 4. The van der Waals surface area contributed by atoms with E-state index in [0.717, 1.165) is 12.8 Å². The van der Waals surface area contributed by atoms with Crippen LogP contribution in [0.4, 0.5) is 0 Å². The van der Waals surface area contributed by atoms with Crippen molar-refractivity contribution in [1.29, 1.82) is 0 Å². The molecule has 0 fully saturated rings. The summed E-state index contributed by atoms with van der Waals surface area (Å²) in [6.07, 6.45) is 5.19. The zero-order chi connectivity index (χ0) is 21.2. The predicted octanol–water partition coefficient (Wildman–Crippen LogP) is 0.674. The fraction of sp³-hybridized carbons (Fsp3) is 0.750. The third kappa shape index (κ3) is 13.1. The Labute approximate surface area is 172 Å². The predicted molar refractivity (Wildman–Crippen MR) is 106 cm³/mol. The Hall–Kier alpha value is -1.81. The summed E-state index contributed by atoms with van der Waals surface area (Å²) in [5.41, 5.74) is 0. The van der Waals surface area contributed by atoms with Gasteiger partial charge >= 0.3 is 0 Å². The second-order valence-electron chi connectivity index (χ2n) is 6.36. The number of rotatable bonds is 19. The first kappa shape index (κ1) is 25.2. The number of nitrogens with one attached hydrogen (secondary N) is 1. The lowest BCUT2D eigenvalue weighted by Gasteiger charge is -2.13. The topological polar surface area (TPSA) is 103 Å². The molecule has 1 rings (SSSR count). The number of amides is 3. The van der Waals surface area contributed by atoms with Crippen molar-refractivity contribution in [3.8, 4) is 0 Å². The van der Waals surface area contributed by atoms with Gasteiger partial charge in [-0.05, 0) is 19.8 Å². The van der Waals surface area contributed by atoms with Crippen LogP contribution < -0.4 is 5.32 Å². The summed E-state index contributed by atoms with van der Waals surface area (Å²) in [6.45, 7) is 7.12. The number of unbranched alkanes of at least 4 members (excludes halogenated alkanes) is 2. The van der Waals surface area contributed by atoms with Gasteiger partial charge in [0.15, 0.2) is 0 Å². The first-order chi connectivity index (χ1) is 14.1. The van der Waals surface area contributed by atoms with Crippen LogP contribution in [0.1, 0.15) is 32.6 Å². The molecule has 9 heteroatoms. The van der Waals surface area contributed by atoms with E-state index in [9.17, 15) is 14.4 Å². The number of hydrogen-bond donors (Lipinski definition) is 1. The minimum atomic E-state index is -0.260. The third-order valence-electron chi connectivity index (χ3n) is 4.07. The number of nitrogens with zero attached hydrogens (tertiary/aromatic N) is 1. The zero-order valence-electron chi connectivity index (χ0n) is 17.4. The van der Waals surface area contributed by atoms with E-state index in [1.165, 1.54) is 17.1 Å². The molecule has 0 aromatic carbocycles. The van der Waals surface area contributed by atoms with E-state index in [0.29, 0.717) is 78.8 Å². The van der Waals surface area contributed by atoms with Gasteiger partial charge in [-0.3, -0.25) is 19.3 Å². The van der Waals surface area contributed by atoms with Gasteiger partial charge in [0, 0.05) is 38.3 Å². The Morgan fingerprint density at radius 1 is 0.828 bits per heavy atom. The molecule has 166 valence electrons. The fourth-order valence-corrected chi connectivity index (χ4v) is 2.54. The van der Waals surface area contributed by atoms with Crippen LogP contribution in [0.5, 0.6) is 0 Å². The van der Waals surface area contributed by atoms with E-state index < -0.39 is 0 Å². The maximum Gasteiger partial charge on any atom is 0.253 e. The molecule has 0 spiro atoms. The third-order valence-corrected chi connectivity index (χ3v) is 4.07. The van der Waals surface area contributed by atoms with Crippen molar-refractivity contribution < 1.29 is 33.3 Å². The normalized spacial score (nSPS) is 13.5. The van der Waals surface area contributed by atoms with E-state index in [4.69, 9.17) is 18.9 Å². The molecule has 0 saturated heterocycles. The minimum Gasteiger partial charge on any atom is -0.379 e. The highest BCUT2D eigenvalue weighted by molar-refractivity contribution is 6.12. The molecular weight excluding hydrogens is 380 g/mol. The maximum atomic E-state index is 11.7. The molecule has 3 amide bonds. The molecule has 1 aliphatic heterocycles. The van der Waals surface area contributed by atoms with E-state index in [1.807, 2.05) is 6.92 Å². The summed E-state index contributed by atoms with van der Waals surface area (Å²) in [4.78, 5) is 35.7. The molecule has 0 bridgehead atoms. The van der Waals surface area contributed by atoms with Crippen molar-refractivity contribution in [2.45, 2.75) is 32.6 Å². The zero-order valence-corrected chi connectivity index (χ0v) is 17.4. The van der Waals surface area contributed by atoms with Crippen LogP contribution in [-0.2, 0) is 33.3 Å². The minimum absolute atomic E-state index is 0.0240. The molecule has 1 heterocycles. The Balaban J connectivity index is 1.79. The van der Waals surface area contributed by atoms with Gasteiger partial charge in [0.1, 0.15) is 0 Å². The number of carbonyl (C=O) groups is 3. The summed E-state index contributed by atoms with van der Waals surface area (Å²) in [6, 6.07) is 0. The van der Waals surface area contributed by atoms with E-state index in [-0.39, 0.29) is 17.7 Å². The maximum absolute atomic E-state index is 11.7. The highest BCUT2D eigenvalue weighted by Crippen LogP contribution is 2.07. The Kier molecular flexibility index (Phi) is 14.9. The molecule has 0 aromatic heterocycles. The summed E-state index contributed by atoms with van der Waals surface area (Å²) >= 11 is 0. The summed E-state index contributed by atoms with van der Waals surface area (Å²) in [5, 5.41) is 2.80. The second kappa shape index (κ2) is 17.1. The molecule has 1 N–H and O–H groups in total. The van der Waals surface area contributed by atoms with Crippen LogP contribution in [0.15, 0.2) is 12.2 Å². The average molecular weight is 414 g/mol. The average Bonchev–Trinajstić information content (AvgIpc) is 3.03. The molecule has 0 saturated carbocycles. The van der Waals surface area contributed by atoms with Gasteiger partial charge in [-0.1, -0.05) is 6.42 Å². The molecule has 29 heavy (non-hydrogen) atoms. The quantitative estimate of drug-likeness (QED) is 0.245. The monoisotopic (exact) mass is 414 g/mol. The Morgan fingerprint density at radius 3 is 1.97 bits per heavy atom. The molecule has 0 unspecified atom stereocenters. The highest BCUT2D eigenvalue weighted by atomic mass is 16.6. The SMILES string of the molecule is CCOCCOCCOCCOCCNC(=O)CCCCCN1C(=O)C=CC1=O. The van der Waals surface area contributed by atoms with E-state index in [1.54, 1.807) is 0 Å². The van der Waals surface area contributed by atoms with Gasteiger partial charge in [-0.2, -0.15) is 0 Å². The number of carbonyl (C=O) groups excluding carboxylic acids is 3. The van der Waals surface area contributed by atoms with Gasteiger partial charge < -0.3 is 24.3 Å². The molecule has 0 aromatic rings. The largest absolute Gasteiger partial charge is 0.379 e. The van der Waals surface area contributed by atoms with Gasteiger partial charge in [0.25, 0.3) is 11.8 Å². The molecular formula is C20H34N2O7. The van der Waals surface area contributed by atoms with E-state index in [2.05, 4.69) is 5.32 Å². The van der Waals surface area contributed by atoms with Crippen LogP contribution >= 0.6 is 0 Å². The van der Waals surface area contributed by atoms with Crippen molar-refractivity contribution in [2.24, 2.45) is 0 Å². The summed E-state index contributed by atoms with van der Waals surface area (Å²) in [5.74, 6) is -0.544. The van der Waals surface area contributed by atoms with E-state index >= 15 is 0 Å². The van der Waals surface area contributed by atoms with Crippen LogP contribution in [0, 0.1) is 0 Å². The number of hydrogen-bond acceptors (Lipinski definition) is 7. The highest BCUT2D eigenvalue weighted by Gasteiger charge is 2.22. The van der Waals surface area contributed by atoms with Gasteiger partial charge in [0.05, 0.1) is 46.2 Å². The molecule has 1 aliphatic rings. The van der Waals surface area contributed by atoms with Crippen LogP contribution in [0.3, 0.4) is 0 Å².